The van der Waals surface area contributed by atoms with E-state index in [4.69, 9.17) is 4.74 Å². The second-order valence-electron chi connectivity index (χ2n) is 10.2. The number of halogens is 3. The van der Waals surface area contributed by atoms with Crippen molar-refractivity contribution in [1.82, 2.24) is 4.98 Å². The smallest absolute Gasteiger partial charge is 0.433 e. The molecule has 0 aliphatic carbocycles. The zero-order chi connectivity index (χ0) is 32.3. The molecule has 0 radical (unpaired) electrons. The lowest BCUT2D eigenvalue weighted by molar-refractivity contribution is -0.141. The Hall–Kier alpha value is -4.98. The quantitative estimate of drug-likeness (QED) is 0.0997. The summed E-state index contributed by atoms with van der Waals surface area (Å²) < 4.78 is 47.0. The number of methoxy groups -OCH3 is 1. The number of allylic oxidation sites excluding steroid dienone is 1. The van der Waals surface area contributed by atoms with Crippen molar-refractivity contribution in [1.29, 1.82) is 5.26 Å². The van der Waals surface area contributed by atoms with Crippen molar-refractivity contribution in [3.63, 3.8) is 0 Å². The van der Waals surface area contributed by atoms with E-state index in [1.54, 1.807) is 72.4 Å². The molecule has 0 fully saturated rings. The molecule has 0 saturated carbocycles. The molecule has 0 atom stereocenters. The molecule has 0 saturated heterocycles. The third-order valence-electron chi connectivity index (χ3n) is 7.21. The number of carbonyl (C=O) groups is 1. The van der Waals surface area contributed by atoms with Crippen LogP contribution in [0.3, 0.4) is 0 Å². The minimum absolute atomic E-state index is 0.0313. The van der Waals surface area contributed by atoms with Gasteiger partial charge in [0.05, 0.1) is 24.0 Å². The van der Waals surface area contributed by atoms with E-state index in [9.17, 15) is 23.2 Å². The summed E-state index contributed by atoms with van der Waals surface area (Å²) >= 11 is 2.66. The van der Waals surface area contributed by atoms with Gasteiger partial charge in [0.25, 0.3) is 0 Å². The van der Waals surface area contributed by atoms with Crippen LogP contribution in [-0.2, 0) is 11.9 Å². The van der Waals surface area contributed by atoms with Gasteiger partial charge in [0, 0.05) is 32.2 Å². The maximum absolute atomic E-state index is 13.8. The third-order valence-corrected chi connectivity index (χ3v) is 9.39. The standard InChI is InChI=1S/C36H24F3N3O2S2/c1-44-31-15-12-22(11-14-30(43)24-13-16-33-29(18-24)41-28-9-5-6-10-32(28)46-33)17-25(31)21-45-35-27(20-40)26(23-7-3-2-4-8-23)19-34(42-35)36(37,38)39/h2-19,41H,21H2,1H3/b14-11+. The second-order valence-corrected chi connectivity index (χ2v) is 12.3. The van der Waals surface area contributed by atoms with Crippen LogP contribution in [0.4, 0.5) is 24.5 Å². The number of ketones is 1. The van der Waals surface area contributed by atoms with Gasteiger partial charge < -0.3 is 10.1 Å². The van der Waals surface area contributed by atoms with Crippen LogP contribution in [0.1, 0.15) is 32.7 Å². The van der Waals surface area contributed by atoms with Gasteiger partial charge in [0.1, 0.15) is 22.5 Å². The summed E-state index contributed by atoms with van der Waals surface area (Å²) in [5.41, 5.74) is 3.39. The van der Waals surface area contributed by atoms with Gasteiger partial charge in [0.2, 0.25) is 0 Å². The van der Waals surface area contributed by atoms with E-state index in [1.807, 2.05) is 36.4 Å². The number of benzene rings is 4. The first-order chi connectivity index (χ1) is 22.2. The predicted molar refractivity (Wildman–Crippen MR) is 176 cm³/mol. The Bertz CT molecular complexity index is 2020. The number of rotatable bonds is 8. The number of para-hydroxylation sites is 1. The highest BCUT2D eigenvalue weighted by Crippen LogP contribution is 2.44. The lowest BCUT2D eigenvalue weighted by Crippen LogP contribution is -2.10. The van der Waals surface area contributed by atoms with E-state index in [0.717, 1.165) is 39.0 Å². The number of carbonyl (C=O) groups excluding carboxylic acids is 1. The van der Waals surface area contributed by atoms with Crippen LogP contribution in [0.2, 0.25) is 0 Å². The topological polar surface area (TPSA) is 75.0 Å². The van der Waals surface area contributed by atoms with E-state index in [2.05, 4.69) is 16.4 Å². The third kappa shape index (κ3) is 6.66. The number of nitriles is 1. The number of anilines is 2. The van der Waals surface area contributed by atoms with Crippen molar-refractivity contribution in [2.45, 2.75) is 26.7 Å². The fourth-order valence-corrected chi connectivity index (χ4v) is 6.90. The van der Waals surface area contributed by atoms with Gasteiger partial charge in [-0.2, -0.15) is 18.4 Å². The van der Waals surface area contributed by atoms with Crippen LogP contribution >= 0.6 is 23.5 Å². The zero-order valence-electron chi connectivity index (χ0n) is 24.3. The van der Waals surface area contributed by atoms with Crippen molar-refractivity contribution < 1.29 is 22.7 Å². The van der Waals surface area contributed by atoms with Gasteiger partial charge in [-0.15, -0.1) is 11.8 Å². The molecule has 228 valence electrons. The molecular formula is C36H24F3N3O2S2. The molecule has 0 spiro atoms. The van der Waals surface area contributed by atoms with Gasteiger partial charge in [-0.3, -0.25) is 4.79 Å². The monoisotopic (exact) mass is 651 g/mol. The average Bonchev–Trinajstić information content (AvgIpc) is 3.08. The molecule has 6 rings (SSSR count). The summed E-state index contributed by atoms with van der Waals surface area (Å²) in [6.07, 6.45) is -1.53. The lowest BCUT2D eigenvalue weighted by atomic mass is 10.0. The Kier molecular flexibility index (Phi) is 8.88. The molecule has 46 heavy (non-hydrogen) atoms. The first-order valence-electron chi connectivity index (χ1n) is 14.0. The number of fused-ring (bicyclic) bond motifs is 2. The maximum Gasteiger partial charge on any atom is 0.433 e. The minimum atomic E-state index is -4.70. The van der Waals surface area contributed by atoms with E-state index in [0.29, 0.717) is 28.0 Å². The van der Waals surface area contributed by atoms with E-state index in [-0.39, 0.29) is 27.7 Å². The van der Waals surface area contributed by atoms with Crippen molar-refractivity contribution in [3.05, 3.63) is 131 Å². The van der Waals surface area contributed by atoms with Gasteiger partial charge in [-0.25, -0.2) is 4.98 Å². The fourth-order valence-electron chi connectivity index (χ4n) is 4.95. The maximum atomic E-state index is 13.8. The highest BCUT2D eigenvalue weighted by atomic mass is 32.2. The van der Waals surface area contributed by atoms with E-state index >= 15 is 0 Å². The van der Waals surface area contributed by atoms with Crippen molar-refractivity contribution >= 4 is 46.8 Å². The van der Waals surface area contributed by atoms with Crippen molar-refractivity contribution in [2.24, 2.45) is 0 Å². The number of nitrogens with one attached hydrogen (secondary N) is 1. The Morgan fingerprint density at radius 2 is 1.74 bits per heavy atom. The molecule has 2 heterocycles. The van der Waals surface area contributed by atoms with Gasteiger partial charge in [-0.1, -0.05) is 66.4 Å². The summed E-state index contributed by atoms with van der Waals surface area (Å²) in [6.45, 7) is 0. The first kappa shape index (κ1) is 31.0. The summed E-state index contributed by atoms with van der Waals surface area (Å²) in [5, 5.41) is 13.3. The number of hydrogen-bond acceptors (Lipinski definition) is 7. The van der Waals surface area contributed by atoms with Crippen LogP contribution in [0.15, 0.2) is 118 Å². The van der Waals surface area contributed by atoms with Crippen molar-refractivity contribution in [3.8, 4) is 22.9 Å². The highest BCUT2D eigenvalue weighted by molar-refractivity contribution is 7.99. The Morgan fingerprint density at radius 3 is 2.50 bits per heavy atom. The van der Waals surface area contributed by atoms with Crippen LogP contribution in [-0.4, -0.2) is 17.9 Å². The number of thioether (sulfide) groups is 1. The van der Waals surface area contributed by atoms with Gasteiger partial charge in [0.15, 0.2) is 5.78 Å². The van der Waals surface area contributed by atoms with Crippen LogP contribution in [0.25, 0.3) is 17.2 Å². The summed E-state index contributed by atoms with van der Waals surface area (Å²) in [4.78, 5) is 19.1. The van der Waals surface area contributed by atoms with E-state index in [1.165, 1.54) is 13.2 Å². The van der Waals surface area contributed by atoms with Crippen molar-refractivity contribution in [2.75, 3.05) is 12.4 Å². The Balaban J connectivity index is 1.24. The van der Waals surface area contributed by atoms with Gasteiger partial charge >= 0.3 is 6.18 Å². The molecular weight excluding hydrogens is 628 g/mol. The number of aromatic nitrogens is 1. The SMILES string of the molecule is COc1ccc(/C=C/C(=O)c2ccc3c(c2)Nc2ccccc2S3)cc1CSc1nc(C(F)(F)F)cc(-c2ccccc2)c1C#N. The fraction of sp³-hybridized carbons (Fsp3) is 0.0833. The van der Waals surface area contributed by atoms with E-state index < -0.39 is 11.9 Å². The molecule has 1 N–H and O–H groups in total. The Labute approximate surface area is 272 Å². The lowest BCUT2D eigenvalue weighted by Gasteiger charge is -2.20. The molecule has 0 unspecified atom stereocenters. The molecule has 1 aliphatic rings. The van der Waals surface area contributed by atoms with Gasteiger partial charge in [-0.05, 0) is 65.7 Å². The molecule has 5 aromatic rings. The minimum Gasteiger partial charge on any atom is -0.496 e. The average molecular weight is 652 g/mol. The van der Waals surface area contributed by atoms with Crippen LogP contribution in [0.5, 0.6) is 5.75 Å². The number of pyridine rings is 1. The molecule has 1 aromatic heterocycles. The molecule has 0 bridgehead atoms. The summed E-state index contributed by atoms with van der Waals surface area (Å²) in [7, 11) is 1.50. The summed E-state index contributed by atoms with van der Waals surface area (Å²) in [6, 6.07) is 30.3. The molecule has 4 aromatic carbocycles. The number of hydrogen-bond donors (Lipinski definition) is 1. The molecule has 0 amide bonds. The molecule has 5 nitrogen and oxygen atoms in total. The normalized spacial score (nSPS) is 12.2. The highest BCUT2D eigenvalue weighted by Gasteiger charge is 2.34. The largest absolute Gasteiger partial charge is 0.496 e. The number of nitrogens with zero attached hydrogens (tertiary/aromatic N) is 2. The first-order valence-corrected chi connectivity index (χ1v) is 15.8. The number of ether oxygens (including phenoxy) is 1. The summed E-state index contributed by atoms with van der Waals surface area (Å²) in [5.74, 6) is 0.509. The van der Waals surface area contributed by atoms with Crippen LogP contribution < -0.4 is 10.1 Å². The predicted octanol–water partition coefficient (Wildman–Crippen LogP) is 10.0. The molecule has 10 heteroatoms. The Morgan fingerprint density at radius 1 is 0.978 bits per heavy atom. The van der Waals surface area contributed by atoms with Crippen LogP contribution in [0, 0.1) is 11.3 Å². The molecule has 1 aliphatic heterocycles. The second kappa shape index (κ2) is 13.2. The zero-order valence-corrected chi connectivity index (χ0v) is 25.9. The number of alkyl halides is 3.